The Bertz CT molecular complexity index is 1070. The van der Waals surface area contributed by atoms with E-state index in [0.717, 1.165) is 29.1 Å². The van der Waals surface area contributed by atoms with Crippen molar-refractivity contribution in [3.8, 4) is 5.75 Å². The van der Waals surface area contributed by atoms with Crippen LogP contribution in [0.3, 0.4) is 0 Å². The maximum atomic E-state index is 12.5. The minimum Gasteiger partial charge on any atom is -0.489 e. The summed E-state index contributed by atoms with van der Waals surface area (Å²) >= 11 is 6.18. The standard InChI is InChI=1S/C26H32ClN3O2/c1-18-24(27)19(2)30(29-18)15-7-14-28-25(31)21-9-6-8-20(16-21)17-32-23-12-10-22(11-13-23)26(3,4)5/h6,8-13,16H,7,14-15,17H2,1-5H3,(H,28,31). The van der Waals surface area contributed by atoms with Gasteiger partial charge in [0.1, 0.15) is 12.4 Å². The molecule has 0 saturated carbocycles. The fourth-order valence-electron chi connectivity index (χ4n) is 3.45. The predicted octanol–water partition coefficient (Wildman–Crippen LogP) is 5.85. The van der Waals surface area contributed by atoms with Crippen LogP contribution in [0.1, 0.15) is 60.1 Å². The number of halogens is 1. The molecule has 170 valence electrons. The van der Waals surface area contributed by atoms with Gasteiger partial charge < -0.3 is 10.1 Å². The van der Waals surface area contributed by atoms with E-state index in [9.17, 15) is 4.79 Å². The third-order valence-electron chi connectivity index (χ3n) is 5.44. The van der Waals surface area contributed by atoms with Crippen LogP contribution in [0.2, 0.25) is 5.02 Å². The molecule has 1 aromatic heterocycles. The first kappa shape index (κ1) is 23.9. The molecule has 0 radical (unpaired) electrons. The molecule has 0 spiro atoms. The zero-order valence-electron chi connectivity index (χ0n) is 19.5. The van der Waals surface area contributed by atoms with Crippen molar-refractivity contribution in [3.05, 3.63) is 81.6 Å². The van der Waals surface area contributed by atoms with Gasteiger partial charge in [-0.1, -0.05) is 56.6 Å². The number of aryl methyl sites for hydroxylation is 2. The zero-order chi connectivity index (χ0) is 23.3. The molecule has 6 heteroatoms. The highest BCUT2D eigenvalue weighted by Crippen LogP contribution is 2.24. The lowest BCUT2D eigenvalue weighted by molar-refractivity contribution is 0.0952. The molecule has 3 rings (SSSR count). The number of carbonyl (C=O) groups excluding carboxylic acids is 1. The van der Waals surface area contributed by atoms with E-state index in [2.05, 4.69) is 43.3 Å². The molecule has 0 atom stereocenters. The number of aromatic nitrogens is 2. The van der Waals surface area contributed by atoms with Crippen molar-refractivity contribution in [2.45, 2.75) is 59.6 Å². The summed E-state index contributed by atoms with van der Waals surface area (Å²) in [6.45, 7) is 12.1. The predicted molar refractivity (Wildman–Crippen MR) is 130 cm³/mol. The summed E-state index contributed by atoms with van der Waals surface area (Å²) in [6.07, 6.45) is 0.775. The average molecular weight is 454 g/mol. The van der Waals surface area contributed by atoms with Crippen LogP contribution in [0, 0.1) is 13.8 Å². The summed E-state index contributed by atoms with van der Waals surface area (Å²) in [6, 6.07) is 15.7. The summed E-state index contributed by atoms with van der Waals surface area (Å²) in [7, 11) is 0. The molecular weight excluding hydrogens is 422 g/mol. The van der Waals surface area contributed by atoms with Crippen molar-refractivity contribution in [1.82, 2.24) is 15.1 Å². The molecule has 1 heterocycles. The SMILES string of the molecule is Cc1nn(CCCNC(=O)c2cccc(COc3ccc(C(C)(C)C)cc3)c2)c(C)c1Cl. The molecule has 0 aliphatic heterocycles. The molecule has 0 saturated heterocycles. The molecule has 32 heavy (non-hydrogen) atoms. The van der Waals surface area contributed by atoms with E-state index in [1.54, 1.807) is 0 Å². The third-order valence-corrected chi connectivity index (χ3v) is 5.99. The largest absolute Gasteiger partial charge is 0.489 e. The molecule has 0 fully saturated rings. The second kappa shape index (κ2) is 10.2. The van der Waals surface area contributed by atoms with Crippen LogP contribution < -0.4 is 10.1 Å². The Kier molecular flexibility index (Phi) is 7.62. The Morgan fingerprint density at radius 1 is 1.12 bits per heavy atom. The van der Waals surface area contributed by atoms with Gasteiger partial charge in [0.2, 0.25) is 0 Å². The number of ether oxygens (including phenoxy) is 1. The van der Waals surface area contributed by atoms with Gasteiger partial charge in [-0.2, -0.15) is 5.10 Å². The van der Waals surface area contributed by atoms with Crippen molar-refractivity contribution in [2.24, 2.45) is 0 Å². The smallest absolute Gasteiger partial charge is 0.251 e. The van der Waals surface area contributed by atoms with Gasteiger partial charge >= 0.3 is 0 Å². The van der Waals surface area contributed by atoms with Crippen LogP contribution in [0.4, 0.5) is 0 Å². The van der Waals surface area contributed by atoms with Crippen LogP contribution in [-0.4, -0.2) is 22.2 Å². The van der Waals surface area contributed by atoms with Gasteiger partial charge in [0, 0.05) is 18.7 Å². The first-order valence-corrected chi connectivity index (χ1v) is 11.3. The molecule has 0 aliphatic rings. The number of hydrogen-bond donors (Lipinski definition) is 1. The first-order chi connectivity index (χ1) is 15.1. The second-order valence-electron chi connectivity index (χ2n) is 9.08. The van der Waals surface area contributed by atoms with E-state index in [1.165, 1.54) is 5.56 Å². The van der Waals surface area contributed by atoms with Gasteiger partial charge in [-0.3, -0.25) is 9.48 Å². The Labute approximate surface area is 195 Å². The van der Waals surface area contributed by atoms with Gasteiger partial charge in [0.25, 0.3) is 5.91 Å². The molecule has 0 unspecified atom stereocenters. The highest BCUT2D eigenvalue weighted by Gasteiger charge is 2.13. The number of benzene rings is 2. The highest BCUT2D eigenvalue weighted by atomic mass is 35.5. The number of nitrogens with zero attached hydrogens (tertiary/aromatic N) is 2. The molecule has 5 nitrogen and oxygen atoms in total. The van der Waals surface area contributed by atoms with E-state index in [4.69, 9.17) is 16.3 Å². The van der Waals surface area contributed by atoms with Crippen LogP contribution in [0.15, 0.2) is 48.5 Å². The lowest BCUT2D eigenvalue weighted by atomic mass is 9.87. The molecule has 0 aliphatic carbocycles. The van der Waals surface area contributed by atoms with Crippen LogP contribution in [-0.2, 0) is 18.6 Å². The average Bonchev–Trinajstić information content (AvgIpc) is 3.01. The highest BCUT2D eigenvalue weighted by molar-refractivity contribution is 6.31. The Hall–Kier alpha value is -2.79. The molecule has 2 aromatic carbocycles. The maximum Gasteiger partial charge on any atom is 0.251 e. The van der Waals surface area contributed by atoms with E-state index in [-0.39, 0.29) is 11.3 Å². The minimum atomic E-state index is -0.0900. The van der Waals surface area contributed by atoms with Gasteiger partial charge in [0.15, 0.2) is 0 Å². The summed E-state index contributed by atoms with van der Waals surface area (Å²) in [5.74, 6) is 0.727. The van der Waals surface area contributed by atoms with Crippen LogP contribution >= 0.6 is 11.6 Å². The minimum absolute atomic E-state index is 0.0900. The Balaban J connectivity index is 1.49. The van der Waals surface area contributed by atoms with Crippen molar-refractivity contribution in [2.75, 3.05) is 6.54 Å². The van der Waals surface area contributed by atoms with E-state index >= 15 is 0 Å². The second-order valence-corrected chi connectivity index (χ2v) is 9.46. The summed E-state index contributed by atoms with van der Waals surface area (Å²) in [5, 5.41) is 8.10. The van der Waals surface area contributed by atoms with Gasteiger partial charge in [-0.25, -0.2) is 0 Å². The quantitative estimate of drug-likeness (QED) is 0.435. The molecule has 1 amide bonds. The van der Waals surface area contributed by atoms with Crippen molar-refractivity contribution < 1.29 is 9.53 Å². The number of amides is 1. The van der Waals surface area contributed by atoms with Gasteiger partial charge in [-0.15, -0.1) is 0 Å². The number of hydrogen-bond acceptors (Lipinski definition) is 3. The summed E-state index contributed by atoms with van der Waals surface area (Å²) in [5.41, 5.74) is 4.75. The lowest BCUT2D eigenvalue weighted by Gasteiger charge is -2.19. The first-order valence-electron chi connectivity index (χ1n) is 10.9. The molecule has 0 bridgehead atoms. The normalized spacial score (nSPS) is 11.4. The number of carbonyl (C=O) groups is 1. The van der Waals surface area contributed by atoms with Crippen molar-refractivity contribution in [1.29, 1.82) is 0 Å². The summed E-state index contributed by atoms with van der Waals surface area (Å²) in [4.78, 5) is 12.5. The van der Waals surface area contributed by atoms with E-state index < -0.39 is 0 Å². The van der Waals surface area contributed by atoms with Crippen LogP contribution in [0.5, 0.6) is 5.75 Å². The maximum absolute atomic E-state index is 12.5. The fourth-order valence-corrected chi connectivity index (χ4v) is 3.58. The monoisotopic (exact) mass is 453 g/mol. The fraction of sp³-hybridized carbons (Fsp3) is 0.385. The topological polar surface area (TPSA) is 56.2 Å². The number of nitrogens with one attached hydrogen (secondary N) is 1. The van der Waals surface area contributed by atoms with Gasteiger partial charge in [-0.05, 0) is 61.1 Å². The lowest BCUT2D eigenvalue weighted by Crippen LogP contribution is -2.25. The van der Waals surface area contributed by atoms with E-state index in [1.807, 2.05) is 54.9 Å². The Morgan fingerprint density at radius 2 is 1.84 bits per heavy atom. The molecular formula is C26H32ClN3O2. The van der Waals surface area contributed by atoms with E-state index in [0.29, 0.717) is 30.3 Å². The third kappa shape index (κ3) is 6.13. The molecule has 3 aromatic rings. The van der Waals surface area contributed by atoms with Crippen molar-refractivity contribution in [3.63, 3.8) is 0 Å². The zero-order valence-corrected chi connectivity index (χ0v) is 20.3. The molecule has 1 N–H and O–H groups in total. The Morgan fingerprint density at radius 3 is 2.47 bits per heavy atom. The number of rotatable bonds is 8. The summed E-state index contributed by atoms with van der Waals surface area (Å²) < 4.78 is 7.80. The van der Waals surface area contributed by atoms with Gasteiger partial charge in [0.05, 0.1) is 16.4 Å². The van der Waals surface area contributed by atoms with Crippen molar-refractivity contribution >= 4 is 17.5 Å². The van der Waals surface area contributed by atoms with Crippen LogP contribution in [0.25, 0.3) is 0 Å².